The molecule has 4 heterocycles. The molecular formula is C46H47N5O7. The maximum absolute atomic E-state index is 13.8. The standard InChI is InChI=1S/C46H47N5O7/c1-47-24-29-8-10-30(11-9-29)32-18-34-25-48-39-22-43(41(55-3)20-37(39)45(52)50(34)27-32)57-16-6-5-7-17-58-44-23-40-38(21-42(44)56-4)46(53)51-28-33(19-35(51)26-49-40)31-12-14-36(54-2)15-13-31/h8-15,20-23,25-28,34-35,47H,5-7,16-19,24H2,1-4H3. The number of fused-ring (bicyclic) bond motifs is 4. The Hall–Kier alpha value is -6.40. The van der Waals surface area contributed by atoms with E-state index in [0.29, 0.717) is 71.6 Å². The molecule has 0 spiro atoms. The molecule has 0 saturated heterocycles. The third-order valence-corrected chi connectivity index (χ3v) is 10.9. The number of unbranched alkanes of at least 4 members (excludes halogenated alkanes) is 2. The van der Waals surface area contributed by atoms with Crippen molar-refractivity contribution < 1.29 is 33.3 Å². The van der Waals surface area contributed by atoms with E-state index in [1.807, 2.05) is 56.1 Å². The second kappa shape index (κ2) is 17.0. The van der Waals surface area contributed by atoms with Gasteiger partial charge >= 0.3 is 0 Å². The molecule has 4 aromatic carbocycles. The maximum Gasteiger partial charge on any atom is 0.260 e. The van der Waals surface area contributed by atoms with E-state index in [2.05, 4.69) is 29.6 Å². The first-order valence-electron chi connectivity index (χ1n) is 19.6. The molecule has 0 radical (unpaired) electrons. The van der Waals surface area contributed by atoms with Crippen LogP contribution in [0.3, 0.4) is 0 Å². The number of hydrogen-bond donors (Lipinski definition) is 1. The Morgan fingerprint density at radius 2 is 1.10 bits per heavy atom. The number of amides is 2. The zero-order valence-corrected chi connectivity index (χ0v) is 33.2. The molecule has 2 amide bonds. The van der Waals surface area contributed by atoms with E-state index in [1.165, 1.54) is 5.56 Å². The van der Waals surface area contributed by atoms with E-state index in [4.69, 9.17) is 33.7 Å². The zero-order chi connectivity index (χ0) is 40.2. The molecule has 0 aromatic heterocycles. The zero-order valence-electron chi connectivity index (χ0n) is 33.2. The fraction of sp³-hybridized carbons (Fsp3) is 0.304. The van der Waals surface area contributed by atoms with Gasteiger partial charge in [0.15, 0.2) is 23.0 Å². The largest absolute Gasteiger partial charge is 0.497 e. The molecule has 4 aliphatic heterocycles. The lowest BCUT2D eigenvalue weighted by Crippen LogP contribution is -2.32. The highest BCUT2D eigenvalue weighted by Crippen LogP contribution is 2.42. The van der Waals surface area contributed by atoms with Gasteiger partial charge in [-0.15, -0.1) is 0 Å². The van der Waals surface area contributed by atoms with Crippen LogP contribution in [0.25, 0.3) is 11.1 Å². The van der Waals surface area contributed by atoms with Gasteiger partial charge in [-0.25, -0.2) is 0 Å². The molecule has 0 aliphatic carbocycles. The normalized spacial score (nSPS) is 17.7. The molecule has 0 saturated carbocycles. The minimum Gasteiger partial charge on any atom is -0.497 e. The second-order valence-electron chi connectivity index (χ2n) is 14.6. The first kappa shape index (κ1) is 38.5. The van der Waals surface area contributed by atoms with E-state index in [9.17, 15) is 9.59 Å². The van der Waals surface area contributed by atoms with Gasteiger partial charge in [0.05, 0.1) is 69.1 Å². The summed E-state index contributed by atoms with van der Waals surface area (Å²) < 4.78 is 28.9. The van der Waals surface area contributed by atoms with Crippen LogP contribution in [0.15, 0.2) is 95.2 Å². The van der Waals surface area contributed by atoms with Gasteiger partial charge in [-0.3, -0.25) is 19.6 Å². The Balaban J connectivity index is 0.843. The highest BCUT2D eigenvalue weighted by molar-refractivity contribution is 6.06. The van der Waals surface area contributed by atoms with Crippen molar-refractivity contribution in [3.8, 4) is 28.7 Å². The smallest absolute Gasteiger partial charge is 0.260 e. The van der Waals surface area contributed by atoms with Crippen molar-refractivity contribution in [3.63, 3.8) is 0 Å². The number of ether oxygens (including phenoxy) is 5. The maximum atomic E-state index is 13.8. The molecule has 12 heteroatoms. The van der Waals surface area contributed by atoms with Crippen molar-refractivity contribution in [3.05, 3.63) is 113 Å². The van der Waals surface area contributed by atoms with Crippen molar-refractivity contribution >= 4 is 46.8 Å². The van der Waals surface area contributed by atoms with Crippen LogP contribution in [-0.2, 0) is 6.54 Å². The van der Waals surface area contributed by atoms with Crippen LogP contribution >= 0.6 is 0 Å². The quantitative estimate of drug-likeness (QED) is 0.120. The Bertz CT molecular complexity index is 2320. The van der Waals surface area contributed by atoms with E-state index in [0.717, 1.165) is 53.8 Å². The van der Waals surface area contributed by atoms with Crippen molar-refractivity contribution in [1.29, 1.82) is 0 Å². The Morgan fingerprint density at radius 1 is 0.621 bits per heavy atom. The number of nitrogens with one attached hydrogen (secondary N) is 1. The predicted octanol–water partition coefficient (Wildman–Crippen LogP) is 8.00. The third kappa shape index (κ3) is 7.79. The SMILES string of the molecule is CNCc1ccc(C2=CN3C(=O)c4cc(OC)c(OCCCCCOc5cc6c(cc5OC)C(=O)N5C=C(c7ccc(OC)cc7)CC5C=N6)cc4N=CC3C2)cc1. The van der Waals surface area contributed by atoms with Crippen molar-refractivity contribution in [2.75, 3.05) is 41.6 Å². The molecule has 2 unspecified atom stereocenters. The minimum atomic E-state index is -0.183. The molecule has 8 rings (SSSR count). The van der Waals surface area contributed by atoms with E-state index in [1.54, 1.807) is 55.4 Å². The highest BCUT2D eigenvalue weighted by Gasteiger charge is 2.35. The predicted molar refractivity (Wildman–Crippen MR) is 224 cm³/mol. The summed E-state index contributed by atoms with van der Waals surface area (Å²) in [5, 5.41) is 3.17. The second-order valence-corrected chi connectivity index (χ2v) is 14.6. The molecule has 2 atom stereocenters. The van der Waals surface area contributed by atoms with Gasteiger partial charge < -0.3 is 38.8 Å². The monoisotopic (exact) mass is 781 g/mol. The van der Waals surface area contributed by atoms with Crippen LogP contribution in [0.2, 0.25) is 0 Å². The molecule has 1 N–H and O–H groups in total. The molecule has 0 fully saturated rings. The van der Waals surface area contributed by atoms with Crippen molar-refractivity contribution in [2.45, 2.75) is 50.7 Å². The number of rotatable bonds is 15. The molecule has 0 bridgehead atoms. The summed E-state index contributed by atoms with van der Waals surface area (Å²) in [5.41, 5.74) is 7.56. The molecule has 12 nitrogen and oxygen atoms in total. The number of hydrogen-bond acceptors (Lipinski definition) is 10. The summed E-state index contributed by atoms with van der Waals surface area (Å²) >= 11 is 0. The van der Waals surface area contributed by atoms with Crippen LogP contribution in [0.1, 0.15) is 69.5 Å². The van der Waals surface area contributed by atoms with Crippen LogP contribution in [-0.4, -0.2) is 87.7 Å². The Kier molecular flexibility index (Phi) is 11.3. The molecule has 4 aromatic rings. The summed E-state index contributed by atoms with van der Waals surface area (Å²) in [5.74, 6) is 2.57. The number of methoxy groups -OCH3 is 3. The molecule has 58 heavy (non-hydrogen) atoms. The highest BCUT2D eigenvalue weighted by atomic mass is 16.5. The molecule has 298 valence electrons. The van der Waals surface area contributed by atoms with Gasteiger partial charge in [0.25, 0.3) is 11.8 Å². The van der Waals surface area contributed by atoms with E-state index in [-0.39, 0.29) is 23.9 Å². The first-order valence-corrected chi connectivity index (χ1v) is 19.6. The number of nitrogens with zero attached hydrogens (tertiary/aromatic N) is 4. The van der Waals surface area contributed by atoms with E-state index >= 15 is 0 Å². The van der Waals surface area contributed by atoms with Crippen LogP contribution in [0.5, 0.6) is 28.7 Å². The van der Waals surface area contributed by atoms with Gasteiger partial charge in [-0.05, 0) is 78.4 Å². The number of carbonyl (C=O) groups excluding carboxylic acids is 2. The van der Waals surface area contributed by atoms with Gasteiger partial charge in [-0.1, -0.05) is 36.4 Å². The van der Waals surface area contributed by atoms with E-state index < -0.39 is 0 Å². The average molecular weight is 782 g/mol. The summed E-state index contributed by atoms with van der Waals surface area (Å²) in [4.78, 5) is 40.5. The van der Waals surface area contributed by atoms with Crippen LogP contribution in [0, 0.1) is 0 Å². The third-order valence-electron chi connectivity index (χ3n) is 10.9. The lowest BCUT2D eigenvalue weighted by atomic mass is 10.0. The Labute approximate surface area is 338 Å². The summed E-state index contributed by atoms with van der Waals surface area (Å²) in [6.45, 7) is 1.70. The Morgan fingerprint density at radius 3 is 1.55 bits per heavy atom. The average Bonchev–Trinajstić information content (AvgIpc) is 3.83. The molecule has 4 aliphatic rings. The summed E-state index contributed by atoms with van der Waals surface area (Å²) in [6.07, 6.45) is 11.3. The minimum absolute atomic E-state index is 0.120. The van der Waals surface area contributed by atoms with Gasteiger partial charge in [0.1, 0.15) is 5.75 Å². The van der Waals surface area contributed by atoms with Crippen molar-refractivity contribution in [2.24, 2.45) is 9.98 Å². The summed E-state index contributed by atoms with van der Waals surface area (Å²) in [6, 6.07) is 22.9. The number of aliphatic imine (C=N–C) groups is 2. The topological polar surface area (TPSA) is 124 Å². The lowest BCUT2D eigenvalue weighted by molar-refractivity contribution is 0.0809. The van der Waals surface area contributed by atoms with Crippen molar-refractivity contribution in [1.82, 2.24) is 15.1 Å². The van der Waals surface area contributed by atoms with Gasteiger partial charge in [0, 0.05) is 56.3 Å². The van der Waals surface area contributed by atoms with Crippen LogP contribution in [0.4, 0.5) is 11.4 Å². The van der Waals surface area contributed by atoms with Gasteiger partial charge in [0.2, 0.25) is 0 Å². The fourth-order valence-electron chi connectivity index (χ4n) is 7.73. The van der Waals surface area contributed by atoms with Crippen LogP contribution < -0.4 is 29.0 Å². The fourth-order valence-corrected chi connectivity index (χ4v) is 7.73. The van der Waals surface area contributed by atoms with Gasteiger partial charge in [-0.2, -0.15) is 0 Å². The number of carbonyl (C=O) groups is 2. The first-order chi connectivity index (χ1) is 28.4. The lowest BCUT2D eigenvalue weighted by Gasteiger charge is -2.19. The molecular weight excluding hydrogens is 735 g/mol. The summed E-state index contributed by atoms with van der Waals surface area (Å²) in [7, 11) is 6.71. The number of benzene rings is 4.